The van der Waals surface area contributed by atoms with Crippen LogP contribution in [0.5, 0.6) is 0 Å². The predicted molar refractivity (Wildman–Crippen MR) is 142 cm³/mol. The molecule has 1 saturated heterocycles. The van der Waals surface area contributed by atoms with Crippen molar-refractivity contribution in [3.05, 3.63) is 46.8 Å². The number of hydrogen-bond acceptors (Lipinski definition) is 8. The van der Waals surface area contributed by atoms with Crippen molar-refractivity contribution in [3.63, 3.8) is 0 Å². The van der Waals surface area contributed by atoms with Gasteiger partial charge in [0.25, 0.3) is 6.43 Å². The number of likely N-dealkylation sites (tertiary alicyclic amines) is 1. The van der Waals surface area contributed by atoms with E-state index in [0.717, 1.165) is 11.1 Å². The highest BCUT2D eigenvalue weighted by Crippen LogP contribution is 2.33. The molecule has 0 radical (unpaired) electrons. The monoisotopic (exact) mass is 567 g/mol. The molecule has 2 aromatic rings. The second-order valence-electron chi connectivity index (χ2n) is 11.3. The third-order valence-corrected chi connectivity index (χ3v) is 6.64. The number of hydrogen-bond donors (Lipinski definition) is 0. The first-order valence-electron chi connectivity index (χ1n) is 12.5. The average Bonchev–Trinajstić information content (AvgIpc) is 3.38. The second kappa shape index (κ2) is 11.9. The lowest BCUT2D eigenvalue weighted by atomic mass is 9.99. The quantitative estimate of drug-likeness (QED) is 0.281. The van der Waals surface area contributed by atoms with E-state index in [9.17, 15) is 23.2 Å². The molecular weight excluding hydrogens is 532 g/mol. The lowest BCUT2D eigenvalue weighted by molar-refractivity contribution is -0.153. The summed E-state index contributed by atoms with van der Waals surface area (Å²) in [6.07, 6.45) is -5.84. The highest BCUT2D eigenvalue weighted by atomic mass is 32.1. The zero-order chi connectivity index (χ0) is 29.1. The van der Waals surface area contributed by atoms with E-state index < -0.39 is 54.1 Å². The van der Waals surface area contributed by atoms with Gasteiger partial charge in [0.1, 0.15) is 11.2 Å². The van der Waals surface area contributed by atoms with Crippen LogP contribution in [-0.2, 0) is 30.2 Å². The van der Waals surface area contributed by atoms with E-state index in [-0.39, 0.29) is 18.5 Å². The predicted octanol–water partition coefficient (Wildman–Crippen LogP) is 6.77. The van der Waals surface area contributed by atoms with Crippen LogP contribution in [0.3, 0.4) is 0 Å². The molecule has 0 N–H and O–H groups in total. The molecule has 1 aromatic carbocycles. The highest BCUT2D eigenvalue weighted by Gasteiger charge is 2.49. The van der Waals surface area contributed by atoms with Crippen LogP contribution < -0.4 is 0 Å². The van der Waals surface area contributed by atoms with Crippen molar-refractivity contribution in [2.45, 2.75) is 90.8 Å². The van der Waals surface area contributed by atoms with Crippen LogP contribution in [0.15, 0.2) is 35.7 Å². The lowest BCUT2D eigenvalue weighted by Gasteiger charge is -2.30. The van der Waals surface area contributed by atoms with Gasteiger partial charge in [0.2, 0.25) is 0 Å². The van der Waals surface area contributed by atoms with Gasteiger partial charge in [-0.2, -0.15) is 0 Å². The summed E-state index contributed by atoms with van der Waals surface area (Å²) in [7, 11) is 0. The number of carbonyl (C=O) groups excluding carboxylic acids is 3. The Morgan fingerprint density at radius 2 is 1.62 bits per heavy atom. The maximum Gasteiger partial charge on any atom is 0.509 e. The molecule has 3 rings (SSSR count). The van der Waals surface area contributed by atoms with Gasteiger partial charge >= 0.3 is 18.2 Å². The molecule has 1 aliphatic heterocycles. The number of carbonyl (C=O) groups is 3. The number of benzene rings is 1. The molecule has 0 aliphatic carbocycles. The molecular formula is C28H35F2NO7S. The van der Waals surface area contributed by atoms with Crippen LogP contribution in [0.1, 0.15) is 66.0 Å². The Labute approximate surface area is 231 Å². The minimum Gasteiger partial charge on any atom is -0.456 e. The number of amides is 1. The molecule has 0 bridgehead atoms. The van der Waals surface area contributed by atoms with E-state index in [1.54, 1.807) is 53.7 Å². The van der Waals surface area contributed by atoms with Gasteiger partial charge in [-0.05, 0) is 65.2 Å². The number of nitrogens with zero attached hydrogens (tertiary/aromatic N) is 1. The second-order valence-corrected chi connectivity index (χ2v) is 12.3. The molecule has 3 atom stereocenters. The number of halogens is 2. The third-order valence-electron chi connectivity index (χ3n) is 5.64. The Morgan fingerprint density at radius 3 is 2.13 bits per heavy atom. The topological polar surface area (TPSA) is 91.4 Å². The van der Waals surface area contributed by atoms with Gasteiger partial charge < -0.3 is 18.9 Å². The molecule has 2 heterocycles. The zero-order valence-electron chi connectivity index (χ0n) is 23.2. The fourth-order valence-corrected chi connectivity index (χ4v) is 5.04. The molecule has 214 valence electrons. The van der Waals surface area contributed by atoms with Crippen molar-refractivity contribution in [2.75, 3.05) is 6.54 Å². The number of rotatable bonds is 6. The van der Waals surface area contributed by atoms with Crippen molar-refractivity contribution in [2.24, 2.45) is 0 Å². The standard InChI is InChI=1S/C28H35F2NO7S/c1-16(32)35-23-20(12-17-8-10-18(11-9-17)22-13-19(15-39-22)24(29)30)31(25(33)37-27(2,3)4)14-21(23)36-26(34)38-28(5,6)7/h8-11,13,15,20-21,23-24H,12,14H2,1-7H3/t20-,21+,23+/m1/s1. The molecule has 8 nitrogen and oxygen atoms in total. The Bertz CT molecular complexity index is 1170. The van der Waals surface area contributed by atoms with Crippen LogP contribution in [0, 0.1) is 0 Å². The molecule has 39 heavy (non-hydrogen) atoms. The van der Waals surface area contributed by atoms with Crippen LogP contribution in [-0.4, -0.2) is 59.1 Å². The summed E-state index contributed by atoms with van der Waals surface area (Å²) in [6, 6.07) is 7.99. The van der Waals surface area contributed by atoms with E-state index in [1.807, 2.05) is 12.1 Å². The molecule has 1 amide bonds. The smallest absolute Gasteiger partial charge is 0.456 e. The molecule has 11 heteroatoms. The molecule has 0 unspecified atom stereocenters. The van der Waals surface area contributed by atoms with Crippen LogP contribution in [0.4, 0.5) is 18.4 Å². The fourth-order valence-electron chi connectivity index (χ4n) is 4.13. The SMILES string of the molecule is CC(=O)O[C@@H]1[C@@H](OC(=O)OC(C)(C)C)CN(C(=O)OC(C)(C)C)[C@@H]1Cc1ccc(-c2cc(C(F)F)cs2)cc1. The van der Waals surface area contributed by atoms with E-state index >= 15 is 0 Å². The summed E-state index contributed by atoms with van der Waals surface area (Å²) >= 11 is 1.23. The van der Waals surface area contributed by atoms with Gasteiger partial charge in [-0.1, -0.05) is 24.3 Å². The maximum absolute atomic E-state index is 13.2. The van der Waals surface area contributed by atoms with Gasteiger partial charge in [0.15, 0.2) is 12.2 Å². The first kappa shape index (κ1) is 30.3. The van der Waals surface area contributed by atoms with Gasteiger partial charge in [0.05, 0.1) is 12.6 Å². The number of esters is 1. The minimum atomic E-state index is -2.54. The van der Waals surface area contributed by atoms with Crippen molar-refractivity contribution in [3.8, 4) is 10.4 Å². The van der Waals surface area contributed by atoms with Gasteiger partial charge in [-0.3, -0.25) is 9.69 Å². The Balaban J connectivity index is 1.88. The summed E-state index contributed by atoms with van der Waals surface area (Å²) in [4.78, 5) is 39.8. The largest absolute Gasteiger partial charge is 0.509 e. The Morgan fingerprint density at radius 1 is 1.00 bits per heavy atom. The summed E-state index contributed by atoms with van der Waals surface area (Å²) in [5.74, 6) is -0.600. The Hall–Kier alpha value is -3.21. The van der Waals surface area contributed by atoms with Crippen molar-refractivity contribution < 1.29 is 42.1 Å². The van der Waals surface area contributed by atoms with Crippen LogP contribution in [0.25, 0.3) is 10.4 Å². The number of ether oxygens (including phenoxy) is 4. The molecule has 1 fully saturated rings. The summed E-state index contributed by atoms with van der Waals surface area (Å²) in [6.45, 7) is 11.4. The molecule has 1 aromatic heterocycles. The van der Waals surface area contributed by atoms with E-state index in [4.69, 9.17) is 18.9 Å². The zero-order valence-corrected chi connectivity index (χ0v) is 24.0. The Kier molecular flexibility index (Phi) is 9.25. The van der Waals surface area contributed by atoms with E-state index in [1.165, 1.54) is 34.6 Å². The lowest BCUT2D eigenvalue weighted by Crippen LogP contribution is -2.45. The van der Waals surface area contributed by atoms with Crippen molar-refractivity contribution in [1.82, 2.24) is 4.90 Å². The van der Waals surface area contributed by atoms with E-state index in [2.05, 4.69) is 0 Å². The fraction of sp³-hybridized carbons (Fsp3) is 0.536. The normalized spacial score (nSPS) is 19.6. The molecule has 0 spiro atoms. The number of thiophene rings is 1. The van der Waals surface area contributed by atoms with Crippen molar-refractivity contribution >= 4 is 29.6 Å². The average molecular weight is 568 g/mol. The summed E-state index contributed by atoms with van der Waals surface area (Å²) in [5.41, 5.74) is -0.0654. The van der Waals surface area contributed by atoms with Crippen LogP contribution in [0.2, 0.25) is 0 Å². The molecule has 0 saturated carbocycles. The summed E-state index contributed by atoms with van der Waals surface area (Å²) < 4.78 is 48.0. The minimum absolute atomic E-state index is 0.0294. The summed E-state index contributed by atoms with van der Waals surface area (Å²) in [5, 5.41) is 1.43. The number of alkyl halides is 2. The van der Waals surface area contributed by atoms with Gasteiger partial charge in [0, 0.05) is 22.7 Å². The third kappa shape index (κ3) is 8.64. The highest BCUT2D eigenvalue weighted by molar-refractivity contribution is 7.13. The molecule has 1 aliphatic rings. The first-order valence-corrected chi connectivity index (χ1v) is 13.4. The van der Waals surface area contributed by atoms with Gasteiger partial charge in [-0.25, -0.2) is 18.4 Å². The van der Waals surface area contributed by atoms with E-state index in [0.29, 0.717) is 4.88 Å². The maximum atomic E-state index is 13.2. The first-order chi connectivity index (χ1) is 18.0. The van der Waals surface area contributed by atoms with Crippen LogP contribution >= 0.6 is 11.3 Å². The van der Waals surface area contributed by atoms with Gasteiger partial charge in [-0.15, -0.1) is 11.3 Å². The van der Waals surface area contributed by atoms with Crippen molar-refractivity contribution in [1.29, 1.82) is 0 Å².